The SMILES string of the molecule is CCCOCCC(NCC)c1c(C)cc(C)cc1OC. The van der Waals surface area contributed by atoms with Crippen molar-refractivity contribution in [1.29, 1.82) is 0 Å². The van der Waals surface area contributed by atoms with Crippen LogP contribution in [0.25, 0.3) is 0 Å². The van der Waals surface area contributed by atoms with Gasteiger partial charge in [-0.1, -0.05) is 19.9 Å². The second kappa shape index (κ2) is 8.98. The van der Waals surface area contributed by atoms with Gasteiger partial charge in [0, 0.05) is 24.8 Å². The van der Waals surface area contributed by atoms with Crippen molar-refractivity contribution in [2.24, 2.45) is 0 Å². The monoisotopic (exact) mass is 279 g/mol. The zero-order valence-electron chi connectivity index (χ0n) is 13.6. The number of methoxy groups -OCH3 is 1. The van der Waals surface area contributed by atoms with Gasteiger partial charge in [-0.2, -0.15) is 0 Å². The number of ether oxygens (including phenoxy) is 2. The molecule has 0 aliphatic heterocycles. The van der Waals surface area contributed by atoms with Crippen molar-refractivity contribution < 1.29 is 9.47 Å². The van der Waals surface area contributed by atoms with Crippen molar-refractivity contribution in [2.75, 3.05) is 26.9 Å². The predicted octanol–water partition coefficient (Wildman–Crippen LogP) is 3.78. The number of nitrogens with one attached hydrogen (secondary N) is 1. The van der Waals surface area contributed by atoms with E-state index in [9.17, 15) is 0 Å². The summed E-state index contributed by atoms with van der Waals surface area (Å²) in [6.45, 7) is 11.1. The van der Waals surface area contributed by atoms with E-state index in [1.54, 1.807) is 7.11 Å². The van der Waals surface area contributed by atoms with E-state index in [0.717, 1.165) is 38.3 Å². The quantitative estimate of drug-likeness (QED) is 0.698. The zero-order chi connectivity index (χ0) is 15.0. The number of rotatable bonds is 9. The maximum atomic E-state index is 5.64. The molecule has 0 aromatic heterocycles. The molecule has 0 spiro atoms. The van der Waals surface area contributed by atoms with Gasteiger partial charge in [-0.05, 0) is 50.4 Å². The van der Waals surface area contributed by atoms with Gasteiger partial charge in [0.05, 0.1) is 7.11 Å². The standard InChI is InChI=1S/C17H29NO2/c1-6-9-20-10-8-15(18-7-2)17-14(4)11-13(3)12-16(17)19-5/h11-12,15,18H,6-10H2,1-5H3. The maximum Gasteiger partial charge on any atom is 0.124 e. The molecule has 3 heteroatoms. The van der Waals surface area contributed by atoms with E-state index in [-0.39, 0.29) is 6.04 Å². The Kier molecular flexibility index (Phi) is 7.63. The third-order valence-electron chi connectivity index (χ3n) is 3.41. The Labute approximate surface area is 123 Å². The second-order valence-electron chi connectivity index (χ2n) is 5.21. The molecular formula is C17H29NO2. The molecule has 0 bridgehead atoms. The molecule has 114 valence electrons. The largest absolute Gasteiger partial charge is 0.496 e. The lowest BCUT2D eigenvalue weighted by molar-refractivity contribution is 0.124. The van der Waals surface area contributed by atoms with Gasteiger partial charge in [0.25, 0.3) is 0 Å². The van der Waals surface area contributed by atoms with Crippen LogP contribution in [0.15, 0.2) is 12.1 Å². The summed E-state index contributed by atoms with van der Waals surface area (Å²) < 4.78 is 11.2. The van der Waals surface area contributed by atoms with Gasteiger partial charge in [0.15, 0.2) is 0 Å². The minimum Gasteiger partial charge on any atom is -0.496 e. The van der Waals surface area contributed by atoms with E-state index in [4.69, 9.17) is 9.47 Å². The first-order valence-corrected chi connectivity index (χ1v) is 7.60. The van der Waals surface area contributed by atoms with Crippen LogP contribution in [0, 0.1) is 13.8 Å². The van der Waals surface area contributed by atoms with Crippen LogP contribution in [0.3, 0.4) is 0 Å². The Balaban J connectivity index is 2.89. The lowest BCUT2D eigenvalue weighted by Gasteiger charge is -2.23. The summed E-state index contributed by atoms with van der Waals surface area (Å²) >= 11 is 0. The van der Waals surface area contributed by atoms with Crippen LogP contribution in [0.2, 0.25) is 0 Å². The third kappa shape index (κ3) is 4.80. The summed E-state index contributed by atoms with van der Waals surface area (Å²) in [4.78, 5) is 0. The lowest BCUT2D eigenvalue weighted by Crippen LogP contribution is -2.24. The molecule has 0 radical (unpaired) electrons. The summed E-state index contributed by atoms with van der Waals surface area (Å²) in [6.07, 6.45) is 2.03. The summed E-state index contributed by atoms with van der Waals surface area (Å²) in [6, 6.07) is 4.61. The lowest BCUT2D eigenvalue weighted by atomic mass is 9.96. The van der Waals surface area contributed by atoms with E-state index in [1.807, 2.05) is 0 Å². The van der Waals surface area contributed by atoms with Gasteiger partial charge in [0.2, 0.25) is 0 Å². The minimum atomic E-state index is 0.285. The third-order valence-corrected chi connectivity index (χ3v) is 3.41. The molecule has 1 rings (SSSR count). The Bertz CT molecular complexity index is 404. The van der Waals surface area contributed by atoms with E-state index in [1.165, 1.54) is 16.7 Å². The van der Waals surface area contributed by atoms with Crippen LogP contribution >= 0.6 is 0 Å². The average Bonchev–Trinajstić information content (AvgIpc) is 2.42. The van der Waals surface area contributed by atoms with Crippen molar-refractivity contribution in [2.45, 2.75) is 46.6 Å². The Hall–Kier alpha value is -1.06. The van der Waals surface area contributed by atoms with Crippen molar-refractivity contribution in [3.05, 3.63) is 28.8 Å². The van der Waals surface area contributed by atoms with Crippen LogP contribution < -0.4 is 10.1 Å². The smallest absolute Gasteiger partial charge is 0.124 e. The van der Waals surface area contributed by atoms with Crippen LogP contribution in [0.4, 0.5) is 0 Å². The highest BCUT2D eigenvalue weighted by atomic mass is 16.5. The molecule has 0 aliphatic carbocycles. The predicted molar refractivity (Wildman–Crippen MR) is 84.6 cm³/mol. The Morgan fingerprint density at radius 3 is 2.50 bits per heavy atom. The van der Waals surface area contributed by atoms with Crippen molar-refractivity contribution in [3.63, 3.8) is 0 Å². The fourth-order valence-electron chi connectivity index (χ4n) is 2.60. The Morgan fingerprint density at radius 2 is 1.90 bits per heavy atom. The maximum absolute atomic E-state index is 5.64. The van der Waals surface area contributed by atoms with Crippen LogP contribution in [-0.4, -0.2) is 26.9 Å². The van der Waals surface area contributed by atoms with Gasteiger partial charge in [0.1, 0.15) is 5.75 Å². The molecule has 3 nitrogen and oxygen atoms in total. The molecule has 0 saturated carbocycles. The van der Waals surface area contributed by atoms with E-state index >= 15 is 0 Å². The van der Waals surface area contributed by atoms with Gasteiger partial charge in [-0.3, -0.25) is 0 Å². The van der Waals surface area contributed by atoms with Gasteiger partial charge >= 0.3 is 0 Å². The normalized spacial score (nSPS) is 12.4. The molecule has 1 aromatic carbocycles. The molecular weight excluding hydrogens is 250 g/mol. The molecule has 1 atom stereocenters. The number of hydrogen-bond donors (Lipinski definition) is 1. The van der Waals surface area contributed by atoms with E-state index in [0.29, 0.717) is 0 Å². The van der Waals surface area contributed by atoms with Crippen molar-refractivity contribution in [3.8, 4) is 5.75 Å². The number of aryl methyl sites for hydroxylation is 2. The first-order chi connectivity index (χ1) is 9.63. The molecule has 0 aliphatic rings. The number of benzene rings is 1. The Morgan fingerprint density at radius 1 is 1.15 bits per heavy atom. The van der Waals surface area contributed by atoms with Crippen molar-refractivity contribution >= 4 is 0 Å². The fourth-order valence-corrected chi connectivity index (χ4v) is 2.60. The van der Waals surface area contributed by atoms with Crippen molar-refractivity contribution in [1.82, 2.24) is 5.32 Å². The molecule has 0 fully saturated rings. The van der Waals surface area contributed by atoms with E-state index in [2.05, 4.69) is 45.1 Å². The summed E-state index contributed by atoms with van der Waals surface area (Å²) in [5, 5.41) is 3.55. The fraction of sp³-hybridized carbons (Fsp3) is 0.647. The van der Waals surface area contributed by atoms with Gasteiger partial charge < -0.3 is 14.8 Å². The first-order valence-electron chi connectivity index (χ1n) is 7.60. The van der Waals surface area contributed by atoms with Gasteiger partial charge in [-0.25, -0.2) is 0 Å². The summed E-state index contributed by atoms with van der Waals surface area (Å²) in [5.74, 6) is 0.976. The van der Waals surface area contributed by atoms with Crippen LogP contribution in [0.1, 0.15) is 49.4 Å². The minimum absolute atomic E-state index is 0.285. The summed E-state index contributed by atoms with van der Waals surface area (Å²) in [7, 11) is 1.74. The number of hydrogen-bond acceptors (Lipinski definition) is 3. The topological polar surface area (TPSA) is 30.5 Å². The zero-order valence-corrected chi connectivity index (χ0v) is 13.6. The highest BCUT2D eigenvalue weighted by Gasteiger charge is 2.18. The molecule has 1 unspecified atom stereocenters. The van der Waals surface area contributed by atoms with Crippen LogP contribution in [-0.2, 0) is 4.74 Å². The molecule has 0 heterocycles. The van der Waals surface area contributed by atoms with Gasteiger partial charge in [-0.15, -0.1) is 0 Å². The molecule has 0 amide bonds. The summed E-state index contributed by atoms with van der Waals surface area (Å²) in [5.41, 5.74) is 3.78. The molecule has 1 N–H and O–H groups in total. The highest BCUT2D eigenvalue weighted by molar-refractivity contribution is 5.45. The molecule has 0 saturated heterocycles. The van der Waals surface area contributed by atoms with Crippen LogP contribution in [0.5, 0.6) is 5.75 Å². The highest BCUT2D eigenvalue weighted by Crippen LogP contribution is 2.31. The second-order valence-corrected chi connectivity index (χ2v) is 5.21. The van der Waals surface area contributed by atoms with E-state index < -0.39 is 0 Å². The average molecular weight is 279 g/mol. The molecule has 1 aromatic rings. The first kappa shape index (κ1) is 17.0. The molecule has 20 heavy (non-hydrogen) atoms.